The zero-order valence-corrected chi connectivity index (χ0v) is 13.5. The highest BCUT2D eigenvalue weighted by Crippen LogP contribution is 2.27. The van der Waals surface area contributed by atoms with Crippen LogP contribution in [0.4, 0.5) is 0 Å². The van der Waals surface area contributed by atoms with Crippen LogP contribution in [0.2, 0.25) is 0 Å². The molecule has 7 heteroatoms. The van der Waals surface area contributed by atoms with Crippen LogP contribution in [0.3, 0.4) is 0 Å². The molecule has 0 aliphatic carbocycles. The fraction of sp³-hybridized carbons (Fsp3) is 0.188. The van der Waals surface area contributed by atoms with Crippen molar-refractivity contribution < 1.29 is 4.74 Å². The van der Waals surface area contributed by atoms with E-state index in [-0.39, 0.29) is 5.56 Å². The van der Waals surface area contributed by atoms with E-state index in [4.69, 9.17) is 4.74 Å². The average Bonchev–Trinajstić information content (AvgIpc) is 3.14. The first-order chi connectivity index (χ1) is 11.2. The third-order valence-corrected chi connectivity index (χ3v) is 4.78. The number of hydrogen-bond donors (Lipinski definition) is 0. The smallest absolute Gasteiger partial charge is 0.291 e. The maximum absolute atomic E-state index is 12.8. The summed E-state index contributed by atoms with van der Waals surface area (Å²) in [7, 11) is 3.49. The summed E-state index contributed by atoms with van der Waals surface area (Å²) in [5, 5.41) is 5.19. The van der Waals surface area contributed by atoms with Crippen molar-refractivity contribution in [3.63, 3.8) is 0 Å². The van der Waals surface area contributed by atoms with Gasteiger partial charge in [-0.2, -0.15) is 5.10 Å². The number of thiazole rings is 1. The van der Waals surface area contributed by atoms with Crippen LogP contribution in [-0.4, -0.2) is 26.4 Å². The Balaban J connectivity index is 1.86. The second kappa shape index (κ2) is 5.20. The van der Waals surface area contributed by atoms with Crippen LogP contribution in [0.25, 0.3) is 21.3 Å². The molecule has 0 saturated heterocycles. The summed E-state index contributed by atoms with van der Waals surface area (Å²) in [6.07, 6.45) is 1.75. The Labute approximate surface area is 135 Å². The minimum absolute atomic E-state index is 0.113. The topological polar surface area (TPSA) is 61.9 Å². The lowest BCUT2D eigenvalue weighted by Gasteiger charge is -2.07. The number of nitrogens with zero attached hydrogens (tertiary/aromatic N) is 4. The molecule has 116 valence electrons. The molecular formula is C16H14N4O2S. The lowest BCUT2D eigenvalue weighted by atomic mass is 10.2. The van der Waals surface area contributed by atoms with Crippen LogP contribution >= 0.6 is 11.3 Å². The Kier molecular flexibility index (Phi) is 3.16. The van der Waals surface area contributed by atoms with Gasteiger partial charge >= 0.3 is 0 Å². The summed E-state index contributed by atoms with van der Waals surface area (Å²) < 4.78 is 9.54. The lowest BCUT2D eigenvalue weighted by molar-refractivity contribution is 0.414. The van der Waals surface area contributed by atoms with E-state index in [0.717, 1.165) is 27.0 Å². The Morgan fingerprint density at radius 2 is 2.22 bits per heavy atom. The van der Waals surface area contributed by atoms with Gasteiger partial charge in [-0.3, -0.25) is 4.79 Å². The molecule has 0 bridgehead atoms. The van der Waals surface area contributed by atoms with E-state index >= 15 is 0 Å². The van der Waals surface area contributed by atoms with Gasteiger partial charge in [-0.05, 0) is 17.7 Å². The Bertz CT molecular complexity index is 1080. The van der Waals surface area contributed by atoms with E-state index in [2.05, 4.69) is 10.1 Å². The van der Waals surface area contributed by atoms with E-state index in [0.29, 0.717) is 12.1 Å². The molecule has 6 nitrogen and oxygen atoms in total. The van der Waals surface area contributed by atoms with Crippen molar-refractivity contribution in [1.29, 1.82) is 0 Å². The highest BCUT2D eigenvalue weighted by molar-refractivity contribution is 7.17. The van der Waals surface area contributed by atoms with Crippen molar-refractivity contribution in [3.8, 4) is 5.75 Å². The van der Waals surface area contributed by atoms with Crippen LogP contribution in [0.5, 0.6) is 5.75 Å². The number of rotatable bonds is 3. The molecule has 0 fully saturated rings. The minimum Gasteiger partial charge on any atom is -0.497 e. The van der Waals surface area contributed by atoms with Crippen molar-refractivity contribution in [2.45, 2.75) is 6.54 Å². The number of methoxy groups -OCH3 is 1. The number of ether oxygens (including phenoxy) is 1. The molecule has 1 aromatic carbocycles. The van der Waals surface area contributed by atoms with Crippen molar-refractivity contribution in [1.82, 2.24) is 19.3 Å². The van der Waals surface area contributed by atoms with Crippen LogP contribution in [0.15, 0.2) is 40.8 Å². The molecule has 3 aromatic heterocycles. The van der Waals surface area contributed by atoms with Crippen molar-refractivity contribution >= 4 is 32.6 Å². The molecule has 0 aliphatic heterocycles. The molecule has 23 heavy (non-hydrogen) atoms. The van der Waals surface area contributed by atoms with Gasteiger partial charge in [0.2, 0.25) is 0 Å². The molecule has 3 heterocycles. The number of aromatic nitrogens is 4. The third-order valence-electron chi connectivity index (χ3n) is 3.93. The van der Waals surface area contributed by atoms with E-state index in [1.165, 1.54) is 16.0 Å². The van der Waals surface area contributed by atoms with Gasteiger partial charge in [0.25, 0.3) is 5.56 Å². The van der Waals surface area contributed by atoms with Gasteiger partial charge < -0.3 is 9.30 Å². The second-order valence-corrected chi connectivity index (χ2v) is 6.14. The average molecular weight is 326 g/mol. The highest BCUT2D eigenvalue weighted by atomic mass is 32.1. The zero-order chi connectivity index (χ0) is 16.0. The molecule has 0 amide bonds. The van der Waals surface area contributed by atoms with Gasteiger partial charge in [-0.15, -0.1) is 11.3 Å². The molecule has 0 aliphatic rings. The molecule has 4 rings (SSSR count). The van der Waals surface area contributed by atoms with E-state index in [1.807, 2.05) is 35.9 Å². The summed E-state index contributed by atoms with van der Waals surface area (Å²) in [6.45, 7) is 0.401. The van der Waals surface area contributed by atoms with Crippen LogP contribution in [-0.2, 0) is 13.6 Å². The molecular weight excluding hydrogens is 312 g/mol. The molecule has 0 saturated carbocycles. The minimum atomic E-state index is -0.113. The molecule has 0 spiro atoms. The van der Waals surface area contributed by atoms with E-state index in [9.17, 15) is 4.79 Å². The molecule has 0 radical (unpaired) electrons. The van der Waals surface area contributed by atoms with Gasteiger partial charge in [-0.25, -0.2) is 9.67 Å². The molecule has 0 N–H and O–H groups in total. The van der Waals surface area contributed by atoms with E-state index < -0.39 is 0 Å². The van der Waals surface area contributed by atoms with Gasteiger partial charge in [0, 0.05) is 12.4 Å². The van der Waals surface area contributed by atoms with Gasteiger partial charge in [0.1, 0.15) is 11.3 Å². The predicted octanol–water partition coefficient (Wildman–Crippen LogP) is 2.40. The van der Waals surface area contributed by atoms with Gasteiger partial charge in [0.15, 0.2) is 5.65 Å². The number of fused-ring (bicyclic) bond motifs is 3. The first-order valence-corrected chi connectivity index (χ1v) is 7.97. The van der Waals surface area contributed by atoms with E-state index in [1.54, 1.807) is 18.8 Å². The third kappa shape index (κ3) is 2.12. The quantitative estimate of drug-likeness (QED) is 0.580. The summed E-state index contributed by atoms with van der Waals surface area (Å²) in [6, 6.07) is 7.63. The Morgan fingerprint density at radius 3 is 3.04 bits per heavy atom. The Morgan fingerprint density at radius 1 is 1.35 bits per heavy atom. The van der Waals surface area contributed by atoms with Crippen molar-refractivity contribution in [3.05, 3.63) is 51.9 Å². The highest BCUT2D eigenvalue weighted by Gasteiger charge is 2.15. The first-order valence-electron chi connectivity index (χ1n) is 7.09. The van der Waals surface area contributed by atoms with Crippen molar-refractivity contribution in [2.75, 3.05) is 7.11 Å². The fourth-order valence-corrected chi connectivity index (χ4v) is 3.62. The molecule has 0 unspecified atom stereocenters. The second-order valence-electron chi connectivity index (χ2n) is 5.29. The van der Waals surface area contributed by atoms with Crippen molar-refractivity contribution in [2.24, 2.45) is 7.05 Å². The van der Waals surface area contributed by atoms with Gasteiger partial charge in [-0.1, -0.05) is 12.1 Å². The summed E-state index contributed by atoms with van der Waals surface area (Å²) in [4.78, 5) is 17.1. The van der Waals surface area contributed by atoms with Gasteiger partial charge in [0.05, 0.1) is 30.1 Å². The maximum atomic E-state index is 12.8. The Hall–Kier alpha value is -2.67. The summed E-state index contributed by atoms with van der Waals surface area (Å²) in [5.41, 5.74) is 4.09. The number of benzene rings is 1. The largest absolute Gasteiger partial charge is 0.497 e. The monoisotopic (exact) mass is 326 g/mol. The fourth-order valence-electron chi connectivity index (χ4n) is 2.79. The lowest BCUT2D eigenvalue weighted by Crippen LogP contribution is -2.24. The SMILES string of the molecule is COc1cccc(Cn2ncc3c4scnc4n(C)c3c2=O)c1. The molecule has 0 atom stereocenters. The molecule has 4 aromatic rings. The standard InChI is InChI=1S/C16H14N4O2S/c1-19-13-12(14-15(19)17-9-23-14)7-18-20(16(13)21)8-10-4-3-5-11(6-10)22-2/h3-7,9H,8H2,1-2H3. The summed E-state index contributed by atoms with van der Waals surface area (Å²) in [5.74, 6) is 0.764. The maximum Gasteiger partial charge on any atom is 0.291 e. The first kappa shape index (κ1) is 14.0. The predicted molar refractivity (Wildman–Crippen MR) is 90.2 cm³/mol. The zero-order valence-electron chi connectivity index (χ0n) is 12.7. The summed E-state index contributed by atoms with van der Waals surface area (Å²) >= 11 is 1.52. The van der Waals surface area contributed by atoms with Crippen LogP contribution < -0.4 is 10.3 Å². The number of hydrogen-bond acceptors (Lipinski definition) is 5. The normalized spacial score (nSPS) is 11.4. The number of aryl methyl sites for hydroxylation is 1. The van der Waals surface area contributed by atoms with Crippen LogP contribution in [0, 0.1) is 0 Å². The van der Waals surface area contributed by atoms with Crippen LogP contribution in [0.1, 0.15) is 5.56 Å².